The van der Waals surface area contributed by atoms with Gasteiger partial charge in [0.05, 0.1) is 6.61 Å². The third-order valence-corrected chi connectivity index (χ3v) is 2.12. The maximum Gasteiger partial charge on any atom is 0.325 e. The molecule has 0 saturated heterocycles. The molecule has 1 heterocycles. The fraction of sp³-hybridized carbons (Fsp3) is 0.636. The van der Waals surface area contributed by atoms with Crippen molar-refractivity contribution in [3.8, 4) is 0 Å². The second kappa shape index (κ2) is 6.73. The van der Waals surface area contributed by atoms with Gasteiger partial charge in [0, 0.05) is 13.5 Å². The van der Waals surface area contributed by atoms with Crippen LogP contribution in [0.1, 0.15) is 36.8 Å². The van der Waals surface area contributed by atoms with Gasteiger partial charge in [-0.25, -0.2) is 0 Å². The highest BCUT2D eigenvalue weighted by Gasteiger charge is 2.22. The fourth-order valence-corrected chi connectivity index (χ4v) is 1.41. The molecule has 0 aliphatic carbocycles. The summed E-state index contributed by atoms with van der Waals surface area (Å²) in [6.07, 6.45) is 0.724. The average Bonchev–Trinajstić information content (AvgIpc) is 2.75. The Balaban J connectivity index is 2.71. The van der Waals surface area contributed by atoms with Crippen molar-refractivity contribution in [3.05, 3.63) is 11.7 Å². The van der Waals surface area contributed by atoms with E-state index in [0.29, 0.717) is 12.4 Å². The summed E-state index contributed by atoms with van der Waals surface area (Å²) in [6, 6.07) is 0. The lowest BCUT2D eigenvalue weighted by Crippen LogP contribution is -2.37. The lowest BCUT2D eigenvalue weighted by Gasteiger charge is -2.18. The van der Waals surface area contributed by atoms with Crippen molar-refractivity contribution >= 4 is 11.9 Å². The second-order valence-electron chi connectivity index (χ2n) is 3.67. The summed E-state index contributed by atoms with van der Waals surface area (Å²) in [5, 5.41) is 3.54. The number of amides is 1. The first kappa shape index (κ1) is 14.1. The monoisotopic (exact) mass is 255 g/mol. The number of hydrogen-bond donors (Lipinski definition) is 0. The number of ether oxygens (including phenoxy) is 1. The Kier molecular flexibility index (Phi) is 5.29. The zero-order valence-electron chi connectivity index (χ0n) is 10.8. The van der Waals surface area contributed by atoms with Gasteiger partial charge in [-0.1, -0.05) is 12.1 Å². The number of nitrogens with zero attached hydrogens (tertiary/aromatic N) is 3. The molecule has 1 rings (SSSR count). The minimum absolute atomic E-state index is 0.0368. The van der Waals surface area contributed by atoms with Crippen LogP contribution < -0.4 is 0 Å². The molecule has 0 fully saturated rings. The van der Waals surface area contributed by atoms with Gasteiger partial charge < -0.3 is 14.2 Å². The summed E-state index contributed by atoms with van der Waals surface area (Å²) >= 11 is 0. The lowest BCUT2D eigenvalue weighted by atomic mass is 10.3. The molecule has 0 saturated carbocycles. The van der Waals surface area contributed by atoms with E-state index in [1.165, 1.54) is 4.90 Å². The second-order valence-corrected chi connectivity index (χ2v) is 3.67. The summed E-state index contributed by atoms with van der Waals surface area (Å²) in [6.45, 7) is 5.84. The number of aromatic nitrogens is 2. The van der Waals surface area contributed by atoms with Crippen molar-refractivity contribution in [3.63, 3.8) is 0 Å². The van der Waals surface area contributed by atoms with Crippen molar-refractivity contribution in [2.75, 3.05) is 19.7 Å². The van der Waals surface area contributed by atoms with E-state index < -0.39 is 11.9 Å². The Hall–Kier alpha value is -1.92. The van der Waals surface area contributed by atoms with E-state index in [1.54, 1.807) is 13.8 Å². The van der Waals surface area contributed by atoms with E-state index in [0.717, 1.165) is 6.42 Å². The third kappa shape index (κ3) is 3.83. The van der Waals surface area contributed by atoms with Crippen LogP contribution in [0.5, 0.6) is 0 Å². The van der Waals surface area contributed by atoms with Crippen LogP contribution >= 0.6 is 0 Å². The predicted molar refractivity (Wildman–Crippen MR) is 61.9 cm³/mol. The van der Waals surface area contributed by atoms with Gasteiger partial charge in [0.1, 0.15) is 6.54 Å². The van der Waals surface area contributed by atoms with Gasteiger partial charge in [-0.05, 0) is 13.3 Å². The van der Waals surface area contributed by atoms with Crippen LogP contribution in [-0.4, -0.2) is 46.6 Å². The summed E-state index contributed by atoms with van der Waals surface area (Å²) in [5.74, 6) is -0.600. The molecule has 0 aromatic carbocycles. The van der Waals surface area contributed by atoms with Gasteiger partial charge in [0.2, 0.25) is 5.89 Å². The van der Waals surface area contributed by atoms with E-state index in [4.69, 9.17) is 9.26 Å². The van der Waals surface area contributed by atoms with Gasteiger partial charge >= 0.3 is 5.97 Å². The normalized spacial score (nSPS) is 10.2. The zero-order chi connectivity index (χ0) is 13.5. The van der Waals surface area contributed by atoms with Gasteiger partial charge in [-0.2, -0.15) is 4.98 Å². The van der Waals surface area contributed by atoms with Crippen molar-refractivity contribution in [2.45, 2.75) is 27.2 Å². The summed E-state index contributed by atoms with van der Waals surface area (Å²) in [5.41, 5.74) is 0. The molecule has 7 heteroatoms. The number of carbonyl (C=O) groups excluding carboxylic acids is 2. The van der Waals surface area contributed by atoms with E-state index in [2.05, 4.69) is 10.1 Å². The Labute approximate surface area is 105 Å². The molecule has 0 unspecified atom stereocenters. The predicted octanol–water partition coefficient (Wildman–Crippen LogP) is 0.793. The fourth-order valence-electron chi connectivity index (χ4n) is 1.41. The van der Waals surface area contributed by atoms with Crippen LogP contribution in [0.15, 0.2) is 4.52 Å². The van der Waals surface area contributed by atoms with E-state index in [-0.39, 0.29) is 19.0 Å². The average molecular weight is 255 g/mol. The van der Waals surface area contributed by atoms with Crippen LogP contribution in [0.2, 0.25) is 0 Å². The molecule has 0 atom stereocenters. The maximum atomic E-state index is 12.0. The summed E-state index contributed by atoms with van der Waals surface area (Å²) in [4.78, 5) is 28.6. The number of carbonyl (C=O) groups is 2. The molecule has 0 radical (unpaired) electrons. The van der Waals surface area contributed by atoms with Gasteiger partial charge in [0.25, 0.3) is 11.7 Å². The van der Waals surface area contributed by atoms with E-state index >= 15 is 0 Å². The van der Waals surface area contributed by atoms with E-state index in [9.17, 15) is 9.59 Å². The molecule has 0 N–H and O–H groups in total. The van der Waals surface area contributed by atoms with Gasteiger partial charge in [-0.3, -0.25) is 9.59 Å². The number of aryl methyl sites for hydroxylation is 1. The SMILES string of the molecule is CCCN(CC(=O)OCC)C(=O)c1noc(C)n1. The molecule has 1 aromatic rings. The van der Waals surface area contributed by atoms with Crippen LogP contribution in [0.25, 0.3) is 0 Å². The molecule has 0 bridgehead atoms. The van der Waals surface area contributed by atoms with Crippen LogP contribution in [0.4, 0.5) is 0 Å². The Morgan fingerprint density at radius 1 is 1.39 bits per heavy atom. The van der Waals surface area contributed by atoms with Crippen molar-refractivity contribution in [1.82, 2.24) is 15.0 Å². The zero-order valence-corrected chi connectivity index (χ0v) is 10.8. The molecular weight excluding hydrogens is 238 g/mol. The molecule has 0 aliphatic rings. The molecule has 1 aromatic heterocycles. The molecule has 18 heavy (non-hydrogen) atoms. The first-order valence-electron chi connectivity index (χ1n) is 5.83. The molecule has 7 nitrogen and oxygen atoms in total. The third-order valence-electron chi connectivity index (χ3n) is 2.12. The standard InChI is InChI=1S/C11H17N3O4/c1-4-6-14(7-9(15)17-5-2)11(16)10-12-8(3)18-13-10/h4-7H2,1-3H3. The largest absolute Gasteiger partial charge is 0.465 e. The first-order valence-corrected chi connectivity index (χ1v) is 5.83. The molecule has 100 valence electrons. The number of rotatable bonds is 6. The minimum atomic E-state index is -0.445. The Bertz CT molecular complexity index is 416. The van der Waals surface area contributed by atoms with E-state index in [1.807, 2.05) is 6.92 Å². The maximum absolute atomic E-state index is 12.0. The van der Waals surface area contributed by atoms with Crippen LogP contribution in [0.3, 0.4) is 0 Å². The molecule has 0 spiro atoms. The number of hydrogen-bond acceptors (Lipinski definition) is 6. The van der Waals surface area contributed by atoms with Gasteiger partial charge in [0.15, 0.2) is 0 Å². The van der Waals surface area contributed by atoms with Gasteiger partial charge in [-0.15, -0.1) is 0 Å². The summed E-state index contributed by atoms with van der Waals surface area (Å²) in [7, 11) is 0. The quantitative estimate of drug-likeness (QED) is 0.699. The molecular formula is C11H17N3O4. The Morgan fingerprint density at radius 3 is 2.61 bits per heavy atom. The van der Waals surface area contributed by atoms with Crippen molar-refractivity contribution in [1.29, 1.82) is 0 Å². The van der Waals surface area contributed by atoms with Crippen LogP contribution in [0, 0.1) is 6.92 Å². The minimum Gasteiger partial charge on any atom is -0.465 e. The van der Waals surface area contributed by atoms with Crippen molar-refractivity contribution in [2.24, 2.45) is 0 Å². The smallest absolute Gasteiger partial charge is 0.325 e. The molecule has 1 amide bonds. The van der Waals surface area contributed by atoms with Crippen LogP contribution in [-0.2, 0) is 9.53 Å². The molecule has 0 aliphatic heterocycles. The highest BCUT2D eigenvalue weighted by molar-refractivity contribution is 5.92. The lowest BCUT2D eigenvalue weighted by molar-refractivity contribution is -0.143. The highest BCUT2D eigenvalue weighted by atomic mass is 16.5. The topological polar surface area (TPSA) is 85.5 Å². The first-order chi connectivity index (χ1) is 8.58. The van der Waals surface area contributed by atoms with Crippen molar-refractivity contribution < 1.29 is 18.8 Å². The summed E-state index contributed by atoms with van der Waals surface area (Å²) < 4.78 is 9.55. The number of esters is 1. The Morgan fingerprint density at radius 2 is 2.11 bits per heavy atom. The highest BCUT2D eigenvalue weighted by Crippen LogP contribution is 2.03.